The van der Waals surface area contributed by atoms with Crippen molar-refractivity contribution in [2.75, 3.05) is 25.0 Å². The summed E-state index contributed by atoms with van der Waals surface area (Å²) in [5.41, 5.74) is 0. The van der Waals surface area contributed by atoms with Gasteiger partial charge in [-0.3, -0.25) is 0 Å². The first kappa shape index (κ1) is 26.4. The van der Waals surface area contributed by atoms with Crippen LogP contribution in [0.5, 0.6) is 0 Å². The lowest BCUT2D eigenvalue weighted by atomic mass is 10.1. The largest absolute Gasteiger partial charge is 0.303 e. The molecule has 0 atom stereocenters. The van der Waals surface area contributed by atoms with Crippen LogP contribution in [0.1, 0.15) is 129 Å². The molecule has 1 nitrogen and oxygen atoms in total. The minimum Gasteiger partial charge on any atom is -0.303 e. The highest BCUT2D eigenvalue weighted by atomic mass is 79.9. The van der Waals surface area contributed by atoms with Crippen molar-refractivity contribution in [2.24, 2.45) is 0 Å². The van der Waals surface area contributed by atoms with Gasteiger partial charge in [0.1, 0.15) is 0 Å². The second-order valence-corrected chi connectivity index (χ2v) is 8.98. The van der Waals surface area contributed by atoms with Crippen molar-refractivity contribution in [3.8, 4) is 0 Å². The van der Waals surface area contributed by atoms with Gasteiger partial charge >= 0.3 is 0 Å². The molecule has 0 aliphatic rings. The minimum atomic E-state index is 1.18. The normalized spacial score (nSPS) is 11.5. The van der Waals surface area contributed by atoms with Crippen molar-refractivity contribution in [1.82, 2.24) is 4.90 Å². The number of halogens is 1. The summed E-state index contributed by atoms with van der Waals surface area (Å²) in [6.07, 6.45) is 25.6. The highest BCUT2D eigenvalue weighted by molar-refractivity contribution is 9.09. The average molecular weight is 433 g/mol. The molecule has 0 aromatic carbocycles. The molecule has 0 aliphatic carbocycles. The molecule has 0 aromatic rings. The van der Waals surface area contributed by atoms with Gasteiger partial charge in [-0.15, -0.1) is 0 Å². The van der Waals surface area contributed by atoms with E-state index in [0.717, 1.165) is 0 Å². The van der Waals surface area contributed by atoms with Crippen LogP contribution in [0.2, 0.25) is 0 Å². The van der Waals surface area contributed by atoms with Crippen molar-refractivity contribution in [2.45, 2.75) is 129 Å². The third-order valence-corrected chi connectivity index (χ3v) is 6.07. The quantitative estimate of drug-likeness (QED) is 0.122. The van der Waals surface area contributed by atoms with Gasteiger partial charge in [0.2, 0.25) is 0 Å². The van der Waals surface area contributed by atoms with Crippen molar-refractivity contribution < 1.29 is 0 Å². The topological polar surface area (TPSA) is 3.24 Å². The van der Waals surface area contributed by atoms with Gasteiger partial charge in [-0.25, -0.2) is 0 Å². The molecule has 0 aliphatic heterocycles. The van der Waals surface area contributed by atoms with E-state index in [9.17, 15) is 0 Å². The number of hydrogen-bond donors (Lipinski definition) is 0. The van der Waals surface area contributed by atoms with E-state index in [1.165, 1.54) is 141 Å². The highest BCUT2D eigenvalue weighted by Crippen LogP contribution is 2.11. The predicted octanol–water partition coefficient (Wildman–Crippen LogP) is 8.74. The Labute approximate surface area is 175 Å². The summed E-state index contributed by atoms with van der Waals surface area (Å²) in [4.78, 5) is 2.79. The highest BCUT2D eigenvalue weighted by Gasteiger charge is 2.05. The van der Waals surface area contributed by atoms with Gasteiger partial charge in [-0.05, 0) is 45.3 Å². The van der Waals surface area contributed by atoms with E-state index in [1.54, 1.807) is 0 Å². The maximum atomic E-state index is 3.53. The lowest BCUT2D eigenvalue weighted by Gasteiger charge is -2.22. The molecule has 0 saturated carbocycles. The fourth-order valence-electron chi connectivity index (χ4n) is 3.70. The smallest absolute Gasteiger partial charge is 0.00313 e. The zero-order valence-electron chi connectivity index (χ0n) is 18.4. The molecule has 0 bridgehead atoms. The van der Waals surface area contributed by atoms with Gasteiger partial charge in [-0.2, -0.15) is 0 Å². The molecule has 0 unspecified atom stereocenters. The standard InChI is InChI=1S/C24H50BrN/c1-3-5-7-9-14-18-22-26(23-19-15-10-8-6-4-2)24-20-16-12-11-13-17-21-25/h3-24H2,1-2H3. The molecule has 0 rings (SSSR count). The monoisotopic (exact) mass is 431 g/mol. The molecule has 0 spiro atoms. The molecule has 158 valence electrons. The van der Waals surface area contributed by atoms with Crippen LogP contribution in [-0.2, 0) is 0 Å². The van der Waals surface area contributed by atoms with E-state index in [4.69, 9.17) is 0 Å². The summed E-state index contributed by atoms with van der Waals surface area (Å²) < 4.78 is 0. The van der Waals surface area contributed by atoms with Gasteiger partial charge in [-0.1, -0.05) is 120 Å². The summed E-state index contributed by atoms with van der Waals surface area (Å²) in [7, 11) is 0. The Bertz CT molecular complexity index is 228. The van der Waals surface area contributed by atoms with Crippen molar-refractivity contribution in [3.63, 3.8) is 0 Å². The Morgan fingerprint density at radius 1 is 0.423 bits per heavy atom. The fourth-order valence-corrected chi connectivity index (χ4v) is 4.10. The summed E-state index contributed by atoms with van der Waals surface area (Å²) in [5, 5.41) is 1.18. The second kappa shape index (κ2) is 23.5. The number of rotatable bonds is 22. The third kappa shape index (κ3) is 20.7. The van der Waals surface area contributed by atoms with Gasteiger partial charge in [0, 0.05) is 5.33 Å². The first-order valence-electron chi connectivity index (χ1n) is 12.1. The number of hydrogen-bond acceptors (Lipinski definition) is 1. The molecule has 0 aromatic heterocycles. The Morgan fingerprint density at radius 2 is 0.731 bits per heavy atom. The molecule has 0 saturated heterocycles. The maximum Gasteiger partial charge on any atom is 0.00313 e. The molecule has 0 amide bonds. The summed E-state index contributed by atoms with van der Waals surface area (Å²) in [6, 6.07) is 0. The van der Waals surface area contributed by atoms with Crippen LogP contribution in [0.3, 0.4) is 0 Å². The SMILES string of the molecule is CCCCCCCCN(CCCCCCCC)CCCCCCCCBr. The van der Waals surface area contributed by atoms with Gasteiger partial charge in [0.25, 0.3) is 0 Å². The molecular weight excluding hydrogens is 382 g/mol. The van der Waals surface area contributed by atoms with Crippen LogP contribution in [0.15, 0.2) is 0 Å². The number of unbranched alkanes of at least 4 members (excludes halogenated alkanes) is 15. The molecular formula is C24H50BrN. The molecule has 0 heterocycles. The minimum absolute atomic E-state index is 1.18. The van der Waals surface area contributed by atoms with Crippen molar-refractivity contribution in [3.05, 3.63) is 0 Å². The Morgan fingerprint density at radius 3 is 1.08 bits per heavy atom. The number of alkyl halides is 1. The Kier molecular flexibility index (Phi) is 23.9. The predicted molar refractivity (Wildman–Crippen MR) is 125 cm³/mol. The first-order chi connectivity index (χ1) is 12.8. The second-order valence-electron chi connectivity index (χ2n) is 8.19. The van der Waals surface area contributed by atoms with Crippen molar-refractivity contribution >= 4 is 15.9 Å². The Hall–Kier alpha value is 0.440. The van der Waals surface area contributed by atoms with Crippen LogP contribution in [0, 0.1) is 0 Å². The van der Waals surface area contributed by atoms with E-state index in [-0.39, 0.29) is 0 Å². The van der Waals surface area contributed by atoms with Crippen LogP contribution < -0.4 is 0 Å². The summed E-state index contributed by atoms with van der Waals surface area (Å²) >= 11 is 3.53. The van der Waals surface area contributed by atoms with Crippen LogP contribution >= 0.6 is 15.9 Å². The van der Waals surface area contributed by atoms with Gasteiger partial charge in [0.05, 0.1) is 0 Å². The molecule has 0 fully saturated rings. The summed E-state index contributed by atoms with van der Waals surface area (Å²) in [5.74, 6) is 0. The van der Waals surface area contributed by atoms with E-state index in [0.29, 0.717) is 0 Å². The summed E-state index contributed by atoms with van der Waals surface area (Å²) in [6.45, 7) is 8.67. The molecule has 26 heavy (non-hydrogen) atoms. The zero-order valence-corrected chi connectivity index (χ0v) is 20.0. The molecule has 0 radical (unpaired) electrons. The average Bonchev–Trinajstić information content (AvgIpc) is 2.65. The fraction of sp³-hybridized carbons (Fsp3) is 1.00. The van der Waals surface area contributed by atoms with Crippen LogP contribution in [0.4, 0.5) is 0 Å². The van der Waals surface area contributed by atoms with E-state index < -0.39 is 0 Å². The molecule has 0 N–H and O–H groups in total. The maximum absolute atomic E-state index is 3.53. The zero-order chi connectivity index (χ0) is 19.1. The first-order valence-corrected chi connectivity index (χ1v) is 13.3. The lowest BCUT2D eigenvalue weighted by Crippen LogP contribution is -2.27. The van der Waals surface area contributed by atoms with Crippen LogP contribution in [0.25, 0.3) is 0 Å². The Balaban J connectivity index is 3.77. The third-order valence-electron chi connectivity index (χ3n) is 5.51. The van der Waals surface area contributed by atoms with Crippen LogP contribution in [-0.4, -0.2) is 29.9 Å². The molecule has 2 heteroatoms. The van der Waals surface area contributed by atoms with Crippen molar-refractivity contribution in [1.29, 1.82) is 0 Å². The van der Waals surface area contributed by atoms with Gasteiger partial charge < -0.3 is 4.90 Å². The van der Waals surface area contributed by atoms with E-state index in [2.05, 4.69) is 34.7 Å². The van der Waals surface area contributed by atoms with E-state index in [1.807, 2.05) is 0 Å². The number of nitrogens with zero attached hydrogens (tertiary/aromatic N) is 1. The van der Waals surface area contributed by atoms with Gasteiger partial charge in [0.15, 0.2) is 0 Å². The van der Waals surface area contributed by atoms with E-state index >= 15 is 0 Å². The lowest BCUT2D eigenvalue weighted by molar-refractivity contribution is 0.254.